The molecular weight excluding hydrogens is 512 g/mol. The lowest BCUT2D eigenvalue weighted by Gasteiger charge is -2.18. The van der Waals surface area contributed by atoms with Crippen molar-refractivity contribution in [2.45, 2.75) is 19.4 Å². The van der Waals surface area contributed by atoms with Crippen molar-refractivity contribution < 1.29 is 9.21 Å². The van der Waals surface area contributed by atoms with Gasteiger partial charge in [0.25, 0.3) is 5.91 Å². The highest BCUT2D eigenvalue weighted by molar-refractivity contribution is 6.31. The van der Waals surface area contributed by atoms with E-state index in [9.17, 15) is 4.79 Å². The van der Waals surface area contributed by atoms with Gasteiger partial charge in [-0.05, 0) is 61.0 Å². The highest BCUT2D eigenvalue weighted by atomic mass is 35.5. The van der Waals surface area contributed by atoms with Gasteiger partial charge in [0, 0.05) is 53.8 Å². The van der Waals surface area contributed by atoms with Crippen LogP contribution in [0.1, 0.15) is 33.9 Å². The number of carbonyl (C=O) groups excluding carboxylic acids is 1. The van der Waals surface area contributed by atoms with Crippen LogP contribution in [0, 0.1) is 6.92 Å². The van der Waals surface area contributed by atoms with E-state index >= 15 is 0 Å². The molecule has 4 heterocycles. The molecule has 39 heavy (non-hydrogen) atoms. The van der Waals surface area contributed by atoms with Crippen LogP contribution in [0.2, 0.25) is 5.02 Å². The van der Waals surface area contributed by atoms with Gasteiger partial charge in [-0.2, -0.15) is 0 Å². The molecule has 6 aromatic rings. The molecule has 8 nitrogen and oxygen atoms in total. The number of nitrogens with one attached hydrogen (secondary N) is 1. The standard InChI is InChI=1S/C30H25ClN6O2/c1-19-32-13-14-37(19)24-9-6-20(7-10-24)26-18-34-29(36(26)2)25(17-23-5-3-4-12-33-23)35-30(38)28-16-21-15-22(31)8-11-27(21)39-28/h3-16,18,25H,17H2,1-2H3,(H,35,38). The molecule has 0 saturated carbocycles. The molecule has 9 heteroatoms. The Hall–Kier alpha value is -4.69. The Morgan fingerprint density at radius 3 is 2.62 bits per heavy atom. The van der Waals surface area contributed by atoms with E-state index in [0.29, 0.717) is 22.9 Å². The second-order valence-corrected chi connectivity index (χ2v) is 9.73. The summed E-state index contributed by atoms with van der Waals surface area (Å²) < 4.78 is 9.84. The van der Waals surface area contributed by atoms with Gasteiger partial charge in [0.1, 0.15) is 17.2 Å². The fourth-order valence-electron chi connectivity index (χ4n) is 4.75. The molecule has 0 fully saturated rings. The third-order valence-electron chi connectivity index (χ3n) is 6.75. The number of rotatable bonds is 7. The number of hydrogen-bond acceptors (Lipinski definition) is 5. The Kier molecular flexibility index (Phi) is 6.46. The van der Waals surface area contributed by atoms with Gasteiger partial charge in [-0.25, -0.2) is 9.97 Å². The molecule has 0 aliphatic heterocycles. The van der Waals surface area contributed by atoms with Crippen LogP contribution in [0.3, 0.4) is 0 Å². The molecule has 6 rings (SSSR count). The molecule has 0 saturated heterocycles. The lowest BCUT2D eigenvalue weighted by atomic mass is 10.1. The van der Waals surface area contributed by atoms with E-state index < -0.39 is 6.04 Å². The van der Waals surface area contributed by atoms with Crippen molar-refractivity contribution >= 4 is 28.5 Å². The number of amides is 1. The maximum Gasteiger partial charge on any atom is 0.287 e. The highest BCUT2D eigenvalue weighted by Gasteiger charge is 2.24. The predicted molar refractivity (Wildman–Crippen MR) is 150 cm³/mol. The van der Waals surface area contributed by atoms with E-state index in [0.717, 1.165) is 33.8 Å². The number of benzene rings is 2. The molecule has 1 N–H and O–H groups in total. The second-order valence-electron chi connectivity index (χ2n) is 9.30. The molecule has 0 spiro atoms. The van der Waals surface area contributed by atoms with E-state index in [2.05, 4.69) is 39.6 Å². The minimum Gasteiger partial charge on any atom is -0.451 e. The second kappa shape index (κ2) is 10.2. The summed E-state index contributed by atoms with van der Waals surface area (Å²) >= 11 is 6.11. The van der Waals surface area contributed by atoms with Gasteiger partial charge >= 0.3 is 0 Å². The van der Waals surface area contributed by atoms with Crippen molar-refractivity contribution in [2.24, 2.45) is 7.05 Å². The van der Waals surface area contributed by atoms with Crippen LogP contribution >= 0.6 is 11.6 Å². The Balaban J connectivity index is 1.31. The maximum atomic E-state index is 13.3. The quantitative estimate of drug-likeness (QED) is 0.266. The number of fused-ring (bicyclic) bond motifs is 1. The van der Waals surface area contributed by atoms with Crippen LogP contribution in [-0.2, 0) is 13.5 Å². The van der Waals surface area contributed by atoms with Gasteiger partial charge in [-0.3, -0.25) is 9.78 Å². The number of imidazole rings is 2. The molecule has 1 amide bonds. The summed E-state index contributed by atoms with van der Waals surface area (Å²) in [5.74, 6) is 1.50. The van der Waals surface area contributed by atoms with Crippen molar-refractivity contribution in [1.29, 1.82) is 0 Å². The molecule has 0 aliphatic rings. The summed E-state index contributed by atoms with van der Waals surface area (Å²) in [5, 5.41) is 4.46. The van der Waals surface area contributed by atoms with E-state index in [1.54, 1.807) is 36.7 Å². The summed E-state index contributed by atoms with van der Waals surface area (Å²) in [4.78, 5) is 26.8. The summed E-state index contributed by atoms with van der Waals surface area (Å²) in [6, 6.07) is 20.5. The van der Waals surface area contributed by atoms with E-state index in [1.807, 2.05) is 53.7 Å². The smallest absolute Gasteiger partial charge is 0.287 e. The number of carbonyl (C=O) groups is 1. The van der Waals surface area contributed by atoms with Gasteiger partial charge in [0.2, 0.25) is 0 Å². The number of furan rings is 1. The fourth-order valence-corrected chi connectivity index (χ4v) is 4.93. The predicted octanol–water partition coefficient (Wildman–Crippen LogP) is 6.09. The number of aromatic nitrogens is 5. The SMILES string of the molecule is Cc1nccn1-c1ccc(-c2cnc(C(Cc3ccccn3)NC(=O)c3cc4cc(Cl)ccc4o3)n2C)cc1. The average Bonchev–Trinajstić information content (AvgIpc) is 3.67. The molecule has 1 atom stereocenters. The van der Waals surface area contributed by atoms with Crippen LogP contribution in [-0.4, -0.2) is 30.0 Å². The Bertz CT molecular complexity index is 1770. The third-order valence-corrected chi connectivity index (χ3v) is 6.98. The number of hydrogen-bond donors (Lipinski definition) is 1. The largest absolute Gasteiger partial charge is 0.451 e. The molecule has 4 aromatic heterocycles. The van der Waals surface area contributed by atoms with Crippen LogP contribution in [0.25, 0.3) is 27.9 Å². The maximum absolute atomic E-state index is 13.3. The van der Waals surface area contributed by atoms with Gasteiger partial charge in [0.05, 0.1) is 17.9 Å². The summed E-state index contributed by atoms with van der Waals surface area (Å²) in [6.45, 7) is 1.97. The zero-order valence-electron chi connectivity index (χ0n) is 21.4. The zero-order chi connectivity index (χ0) is 26.9. The Morgan fingerprint density at radius 1 is 1.03 bits per heavy atom. The highest BCUT2D eigenvalue weighted by Crippen LogP contribution is 2.27. The third kappa shape index (κ3) is 4.94. The minimum atomic E-state index is -0.448. The number of aryl methyl sites for hydroxylation is 1. The van der Waals surface area contributed by atoms with Gasteiger partial charge < -0.3 is 18.9 Å². The summed E-state index contributed by atoms with van der Waals surface area (Å²) in [5.41, 5.74) is 4.40. The topological polar surface area (TPSA) is 90.8 Å². The molecule has 0 radical (unpaired) electrons. The molecule has 0 aliphatic carbocycles. The van der Waals surface area contributed by atoms with Crippen molar-refractivity contribution in [3.05, 3.63) is 120 Å². The number of pyridine rings is 1. The monoisotopic (exact) mass is 536 g/mol. The van der Waals surface area contributed by atoms with E-state index in [-0.39, 0.29) is 11.7 Å². The summed E-state index contributed by atoms with van der Waals surface area (Å²) in [7, 11) is 1.95. The zero-order valence-corrected chi connectivity index (χ0v) is 22.1. The first-order valence-electron chi connectivity index (χ1n) is 12.5. The number of halogens is 1. The lowest BCUT2D eigenvalue weighted by Crippen LogP contribution is -2.31. The Labute approximate surface area is 229 Å². The summed E-state index contributed by atoms with van der Waals surface area (Å²) in [6.07, 6.45) is 7.75. The van der Waals surface area contributed by atoms with Crippen molar-refractivity contribution in [3.8, 4) is 16.9 Å². The van der Waals surface area contributed by atoms with Gasteiger partial charge in [-0.1, -0.05) is 29.8 Å². The van der Waals surface area contributed by atoms with Gasteiger partial charge in [0.15, 0.2) is 5.76 Å². The van der Waals surface area contributed by atoms with Crippen molar-refractivity contribution in [3.63, 3.8) is 0 Å². The average molecular weight is 537 g/mol. The lowest BCUT2D eigenvalue weighted by molar-refractivity contribution is 0.0908. The molecule has 1 unspecified atom stereocenters. The van der Waals surface area contributed by atoms with Gasteiger partial charge in [-0.15, -0.1) is 0 Å². The van der Waals surface area contributed by atoms with E-state index in [1.165, 1.54) is 0 Å². The minimum absolute atomic E-state index is 0.207. The van der Waals surface area contributed by atoms with Crippen molar-refractivity contribution in [2.75, 3.05) is 0 Å². The normalized spacial score (nSPS) is 12.1. The van der Waals surface area contributed by atoms with Crippen LogP contribution < -0.4 is 5.32 Å². The number of nitrogens with zero attached hydrogens (tertiary/aromatic N) is 5. The first-order chi connectivity index (χ1) is 19.0. The van der Waals surface area contributed by atoms with E-state index in [4.69, 9.17) is 21.0 Å². The fraction of sp³-hybridized carbons (Fsp3) is 0.133. The van der Waals surface area contributed by atoms with Crippen LogP contribution in [0.5, 0.6) is 0 Å². The Morgan fingerprint density at radius 2 is 1.87 bits per heavy atom. The van der Waals surface area contributed by atoms with Crippen LogP contribution in [0.15, 0.2) is 95.9 Å². The molecule has 0 bridgehead atoms. The molecule has 2 aromatic carbocycles. The molecular formula is C30H25ClN6O2. The first-order valence-corrected chi connectivity index (χ1v) is 12.9. The van der Waals surface area contributed by atoms with Crippen molar-refractivity contribution in [1.82, 2.24) is 29.4 Å². The first kappa shape index (κ1) is 24.6. The van der Waals surface area contributed by atoms with Crippen LogP contribution in [0.4, 0.5) is 0 Å². The molecule has 194 valence electrons.